The molecule has 1 aliphatic rings. The molecule has 1 fully saturated rings. The van der Waals surface area contributed by atoms with Crippen LogP contribution in [0, 0.1) is 6.92 Å². The molecule has 24 heavy (non-hydrogen) atoms. The SMILES string of the molecule is Cc1ccc(C(C)C)c(OC(C)C(=O)N(C)CCN2CCCC2)c1. The molecule has 1 saturated heterocycles. The van der Waals surface area contributed by atoms with Crippen molar-refractivity contribution in [2.45, 2.75) is 52.6 Å². The van der Waals surface area contributed by atoms with Crippen LogP contribution in [0.3, 0.4) is 0 Å². The third-order valence-electron chi connectivity index (χ3n) is 4.77. The Labute approximate surface area is 146 Å². The van der Waals surface area contributed by atoms with Crippen LogP contribution in [-0.4, -0.2) is 55.0 Å². The zero-order valence-corrected chi connectivity index (χ0v) is 15.8. The zero-order valence-electron chi connectivity index (χ0n) is 15.8. The first kappa shape index (κ1) is 18.8. The molecule has 0 bridgehead atoms. The van der Waals surface area contributed by atoms with Crippen LogP contribution in [0.4, 0.5) is 0 Å². The predicted octanol–water partition coefficient (Wildman–Crippen LogP) is 3.44. The second-order valence-electron chi connectivity index (χ2n) is 7.26. The van der Waals surface area contributed by atoms with E-state index in [1.165, 1.54) is 12.8 Å². The van der Waals surface area contributed by atoms with E-state index >= 15 is 0 Å². The minimum atomic E-state index is -0.465. The van der Waals surface area contributed by atoms with Crippen LogP contribution in [-0.2, 0) is 4.79 Å². The number of ether oxygens (including phenoxy) is 1. The Hall–Kier alpha value is -1.55. The number of aryl methyl sites for hydroxylation is 1. The highest BCUT2D eigenvalue weighted by atomic mass is 16.5. The van der Waals surface area contributed by atoms with Gasteiger partial charge in [0.15, 0.2) is 6.10 Å². The van der Waals surface area contributed by atoms with Gasteiger partial charge in [0.25, 0.3) is 5.91 Å². The summed E-state index contributed by atoms with van der Waals surface area (Å²) in [5.41, 5.74) is 2.30. The standard InChI is InChI=1S/C20H32N2O2/c1-15(2)18-9-8-16(3)14-19(18)24-17(4)20(23)21(5)12-13-22-10-6-7-11-22/h8-9,14-15,17H,6-7,10-13H2,1-5H3. The fourth-order valence-corrected chi connectivity index (χ4v) is 3.18. The zero-order chi connectivity index (χ0) is 17.7. The molecule has 1 atom stereocenters. The van der Waals surface area contributed by atoms with Crippen LogP contribution < -0.4 is 4.74 Å². The number of benzene rings is 1. The summed E-state index contributed by atoms with van der Waals surface area (Å²) in [6, 6.07) is 6.23. The van der Waals surface area contributed by atoms with Crippen molar-refractivity contribution in [3.8, 4) is 5.75 Å². The van der Waals surface area contributed by atoms with Crippen molar-refractivity contribution >= 4 is 5.91 Å². The highest BCUT2D eigenvalue weighted by Gasteiger charge is 2.22. The third-order valence-corrected chi connectivity index (χ3v) is 4.77. The molecular weight excluding hydrogens is 300 g/mol. The molecular formula is C20H32N2O2. The Morgan fingerprint density at radius 2 is 1.92 bits per heavy atom. The molecule has 1 heterocycles. The molecule has 1 aliphatic heterocycles. The second kappa shape index (κ2) is 8.52. The van der Waals surface area contributed by atoms with Crippen molar-refractivity contribution in [1.29, 1.82) is 0 Å². The van der Waals surface area contributed by atoms with E-state index in [-0.39, 0.29) is 5.91 Å². The number of likely N-dealkylation sites (tertiary alicyclic amines) is 1. The van der Waals surface area contributed by atoms with Crippen molar-refractivity contribution in [2.75, 3.05) is 33.2 Å². The highest BCUT2D eigenvalue weighted by Crippen LogP contribution is 2.28. The number of amides is 1. The molecule has 0 radical (unpaired) electrons. The first-order valence-electron chi connectivity index (χ1n) is 9.13. The molecule has 2 rings (SSSR count). The largest absolute Gasteiger partial charge is 0.481 e. The number of nitrogens with zero attached hydrogens (tertiary/aromatic N) is 2. The maximum absolute atomic E-state index is 12.6. The molecule has 1 aromatic carbocycles. The number of rotatable bonds is 7. The van der Waals surface area contributed by atoms with Gasteiger partial charge in [-0.25, -0.2) is 0 Å². The summed E-state index contributed by atoms with van der Waals surface area (Å²) < 4.78 is 6.04. The normalized spacial score (nSPS) is 16.4. The summed E-state index contributed by atoms with van der Waals surface area (Å²) >= 11 is 0. The number of carbonyl (C=O) groups is 1. The van der Waals surface area contributed by atoms with Gasteiger partial charge in [0.1, 0.15) is 5.75 Å². The highest BCUT2D eigenvalue weighted by molar-refractivity contribution is 5.80. The van der Waals surface area contributed by atoms with Crippen LogP contribution in [0.15, 0.2) is 18.2 Å². The first-order valence-corrected chi connectivity index (χ1v) is 9.13. The lowest BCUT2D eigenvalue weighted by molar-refractivity contribution is -0.136. The van der Waals surface area contributed by atoms with Gasteiger partial charge in [0, 0.05) is 20.1 Å². The molecule has 1 amide bonds. The second-order valence-corrected chi connectivity index (χ2v) is 7.26. The van der Waals surface area contributed by atoms with Gasteiger partial charge in [0.2, 0.25) is 0 Å². The van der Waals surface area contributed by atoms with E-state index in [1.54, 1.807) is 4.90 Å². The van der Waals surface area contributed by atoms with Gasteiger partial charge < -0.3 is 14.5 Å². The van der Waals surface area contributed by atoms with Crippen molar-refractivity contribution in [2.24, 2.45) is 0 Å². The van der Waals surface area contributed by atoms with E-state index in [9.17, 15) is 4.79 Å². The lowest BCUT2D eigenvalue weighted by Gasteiger charge is -2.25. The summed E-state index contributed by atoms with van der Waals surface area (Å²) in [6.45, 7) is 12.2. The van der Waals surface area contributed by atoms with E-state index < -0.39 is 6.10 Å². The first-order chi connectivity index (χ1) is 11.4. The van der Waals surface area contributed by atoms with E-state index in [2.05, 4.69) is 30.9 Å². The van der Waals surface area contributed by atoms with Gasteiger partial charge in [-0.3, -0.25) is 4.79 Å². The van der Waals surface area contributed by atoms with E-state index in [0.717, 1.165) is 43.1 Å². The van der Waals surface area contributed by atoms with Crippen molar-refractivity contribution in [1.82, 2.24) is 9.80 Å². The van der Waals surface area contributed by atoms with Crippen molar-refractivity contribution < 1.29 is 9.53 Å². The number of hydrogen-bond acceptors (Lipinski definition) is 3. The molecule has 0 spiro atoms. The minimum absolute atomic E-state index is 0.0467. The van der Waals surface area contributed by atoms with Crippen LogP contribution in [0.1, 0.15) is 50.7 Å². The van der Waals surface area contributed by atoms with Crippen LogP contribution >= 0.6 is 0 Å². The van der Waals surface area contributed by atoms with Crippen molar-refractivity contribution in [3.63, 3.8) is 0 Å². The number of likely N-dealkylation sites (N-methyl/N-ethyl adjacent to an activating group) is 1. The summed E-state index contributed by atoms with van der Waals surface area (Å²) in [7, 11) is 1.87. The monoisotopic (exact) mass is 332 g/mol. The molecule has 0 N–H and O–H groups in total. The van der Waals surface area contributed by atoms with E-state index in [1.807, 2.05) is 27.0 Å². The summed E-state index contributed by atoms with van der Waals surface area (Å²) in [4.78, 5) is 16.8. The fourth-order valence-electron chi connectivity index (χ4n) is 3.18. The fraction of sp³-hybridized carbons (Fsp3) is 0.650. The summed E-state index contributed by atoms with van der Waals surface area (Å²) in [5.74, 6) is 1.25. The Bertz CT molecular complexity index is 551. The molecule has 0 aliphatic carbocycles. The topological polar surface area (TPSA) is 32.8 Å². The predicted molar refractivity (Wildman–Crippen MR) is 98.7 cm³/mol. The summed E-state index contributed by atoms with van der Waals surface area (Å²) in [6.07, 6.45) is 2.10. The molecule has 0 saturated carbocycles. The number of carbonyl (C=O) groups excluding carboxylic acids is 1. The van der Waals surface area contributed by atoms with E-state index in [4.69, 9.17) is 4.74 Å². The molecule has 0 aromatic heterocycles. The Morgan fingerprint density at radius 3 is 2.54 bits per heavy atom. The van der Waals surface area contributed by atoms with Gasteiger partial charge in [-0.05, 0) is 62.9 Å². The molecule has 4 nitrogen and oxygen atoms in total. The number of hydrogen-bond donors (Lipinski definition) is 0. The maximum atomic E-state index is 12.6. The molecule has 4 heteroatoms. The van der Waals surface area contributed by atoms with Gasteiger partial charge in [-0.1, -0.05) is 26.0 Å². The Morgan fingerprint density at radius 1 is 1.25 bits per heavy atom. The smallest absolute Gasteiger partial charge is 0.263 e. The quantitative estimate of drug-likeness (QED) is 0.767. The average molecular weight is 332 g/mol. The van der Waals surface area contributed by atoms with Crippen LogP contribution in [0.2, 0.25) is 0 Å². The third kappa shape index (κ3) is 4.97. The van der Waals surface area contributed by atoms with Gasteiger partial charge in [-0.15, -0.1) is 0 Å². The van der Waals surface area contributed by atoms with Crippen molar-refractivity contribution in [3.05, 3.63) is 29.3 Å². The minimum Gasteiger partial charge on any atom is -0.481 e. The molecule has 134 valence electrons. The van der Waals surface area contributed by atoms with Crippen LogP contribution in [0.25, 0.3) is 0 Å². The van der Waals surface area contributed by atoms with Gasteiger partial charge >= 0.3 is 0 Å². The maximum Gasteiger partial charge on any atom is 0.263 e. The summed E-state index contributed by atoms with van der Waals surface area (Å²) in [5, 5.41) is 0. The lowest BCUT2D eigenvalue weighted by Crippen LogP contribution is -2.41. The van der Waals surface area contributed by atoms with Crippen LogP contribution in [0.5, 0.6) is 5.75 Å². The lowest BCUT2D eigenvalue weighted by atomic mass is 10.0. The van der Waals surface area contributed by atoms with E-state index in [0.29, 0.717) is 5.92 Å². The molecule has 1 unspecified atom stereocenters. The van der Waals surface area contributed by atoms with Gasteiger partial charge in [-0.2, -0.15) is 0 Å². The Balaban J connectivity index is 1.94. The van der Waals surface area contributed by atoms with Gasteiger partial charge in [0.05, 0.1) is 0 Å². The average Bonchev–Trinajstić information content (AvgIpc) is 3.05. The molecule has 1 aromatic rings. The Kier molecular flexibility index (Phi) is 6.67.